The van der Waals surface area contributed by atoms with Gasteiger partial charge in [0.25, 0.3) is 5.56 Å². The van der Waals surface area contributed by atoms with Gasteiger partial charge in [0, 0.05) is 12.5 Å². The molecule has 8 nitrogen and oxygen atoms in total. The molecule has 28 heavy (non-hydrogen) atoms. The van der Waals surface area contributed by atoms with Crippen LogP contribution in [0.5, 0.6) is 0 Å². The number of nitrogens with zero attached hydrogens (tertiary/aromatic N) is 3. The van der Waals surface area contributed by atoms with Gasteiger partial charge in [-0.15, -0.1) is 0 Å². The monoisotopic (exact) mass is 400 g/mol. The fraction of sp³-hybridized carbons (Fsp3) is 0.316. The number of ether oxygens (including phenoxy) is 1. The number of esters is 1. The van der Waals surface area contributed by atoms with Crippen LogP contribution >= 0.6 is 11.3 Å². The normalized spacial score (nSPS) is 10.8. The van der Waals surface area contributed by atoms with E-state index in [4.69, 9.17) is 4.74 Å². The molecule has 0 atom stereocenters. The summed E-state index contributed by atoms with van der Waals surface area (Å²) in [6.45, 7) is 3.63. The molecule has 3 rings (SSSR count). The van der Waals surface area contributed by atoms with E-state index < -0.39 is 5.97 Å². The van der Waals surface area contributed by atoms with E-state index in [0.717, 1.165) is 12.8 Å². The van der Waals surface area contributed by atoms with Gasteiger partial charge in [-0.2, -0.15) is 9.61 Å². The second-order valence-corrected chi connectivity index (χ2v) is 7.33. The molecule has 0 saturated heterocycles. The van der Waals surface area contributed by atoms with Crippen molar-refractivity contribution in [1.29, 1.82) is 0 Å². The Morgan fingerprint density at radius 1 is 1.29 bits per heavy atom. The van der Waals surface area contributed by atoms with Crippen LogP contribution in [0.15, 0.2) is 35.1 Å². The predicted molar refractivity (Wildman–Crippen MR) is 106 cm³/mol. The lowest BCUT2D eigenvalue weighted by atomic mass is 10.1. The zero-order valence-corrected chi connectivity index (χ0v) is 16.4. The quantitative estimate of drug-likeness (QED) is 0.612. The van der Waals surface area contributed by atoms with Gasteiger partial charge in [0.1, 0.15) is 11.6 Å². The van der Waals surface area contributed by atoms with Crippen molar-refractivity contribution in [2.24, 2.45) is 0 Å². The highest BCUT2D eigenvalue weighted by atomic mass is 32.1. The average molecular weight is 400 g/mol. The Labute approximate surface area is 165 Å². The van der Waals surface area contributed by atoms with Gasteiger partial charge in [-0.25, -0.2) is 9.78 Å². The summed E-state index contributed by atoms with van der Waals surface area (Å²) in [7, 11) is 0. The first-order chi connectivity index (χ1) is 13.5. The lowest BCUT2D eigenvalue weighted by molar-refractivity contribution is -0.116. The lowest BCUT2D eigenvalue weighted by Crippen LogP contribution is -2.17. The van der Waals surface area contributed by atoms with Gasteiger partial charge in [0.2, 0.25) is 10.9 Å². The summed E-state index contributed by atoms with van der Waals surface area (Å²) in [6.07, 6.45) is 2.08. The van der Waals surface area contributed by atoms with Crippen LogP contribution in [0, 0.1) is 6.92 Å². The van der Waals surface area contributed by atoms with Crippen LogP contribution < -0.4 is 10.9 Å². The van der Waals surface area contributed by atoms with Crippen molar-refractivity contribution in [3.63, 3.8) is 0 Å². The summed E-state index contributed by atoms with van der Waals surface area (Å²) < 4.78 is 6.53. The van der Waals surface area contributed by atoms with E-state index in [1.165, 1.54) is 21.9 Å². The molecule has 0 aliphatic heterocycles. The molecule has 0 saturated carbocycles. The number of hydrogen-bond acceptors (Lipinski definition) is 7. The Hall–Kier alpha value is -3.07. The number of aryl methyl sites for hydroxylation is 1. The smallest absolute Gasteiger partial charge is 0.340 e. The van der Waals surface area contributed by atoms with Crippen molar-refractivity contribution >= 4 is 33.9 Å². The number of benzene rings is 1. The Morgan fingerprint density at radius 2 is 2.07 bits per heavy atom. The van der Waals surface area contributed by atoms with Gasteiger partial charge in [-0.1, -0.05) is 36.8 Å². The van der Waals surface area contributed by atoms with E-state index in [2.05, 4.69) is 15.4 Å². The predicted octanol–water partition coefficient (Wildman–Crippen LogP) is 2.95. The van der Waals surface area contributed by atoms with Crippen molar-refractivity contribution in [1.82, 2.24) is 14.6 Å². The minimum absolute atomic E-state index is 0.150. The van der Waals surface area contributed by atoms with Gasteiger partial charge in [-0.3, -0.25) is 9.59 Å². The topological polar surface area (TPSA) is 103 Å². The fourth-order valence-corrected chi connectivity index (χ4v) is 3.33. The highest BCUT2D eigenvalue weighted by molar-refractivity contribution is 7.16. The zero-order valence-electron chi connectivity index (χ0n) is 15.6. The maximum absolute atomic E-state index is 12.5. The number of rotatable bonds is 7. The molecular weight excluding hydrogens is 380 g/mol. The van der Waals surface area contributed by atoms with E-state index in [0.29, 0.717) is 27.8 Å². The number of anilines is 1. The van der Waals surface area contributed by atoms with Gasteiger partial charge >= 0.3 is 5.97 Å². The van der Waals surface area contributed by atoms with Crippen LogP contribution in [-0.2, 0) is 16.1 Å². The summed E-state index contributed by atoms with van der Waals surface area (Å²) in [4.78, 5) is 41.3. The number of aromatic nitrogens is 3. The van der Waals surface area contributed by atoms with Crippen LogP contribution in [-0.4, -0.2) is 26.5 Å². The number of para-hydroxylation sites is 1. The molecule has 0 radical (unpaired) electrons. The first-order valence-electron chi connectivity index (χ1n) is 8.90. The second kappa shape index (κ2) is 8.75. The first kappa shape index (κ1) is 19.7. The molecule has 0 spiro atoms. The van der Waals surface area contributed by atoms with E-state index >= 15 is 0 Å². The molecule has 0 aliphatic rings. The van der Waals surface area contributed by atoms with Crippen molar-refractivity contribution in [3.8, 4) is 0 Å². The van der Waals surface area contributed by atoms with Crippen LogP contribution in [0.25, 0.3) is 4.96 Å². The van der Waals surface area contributed by atoms with Crippen LogP contribution in [0.3, 0.4) is 0 Å². The number of nitrogens with one attached hydrogen (secondary N) is 1. The molecule has 0 aliphatic carbocycles. The second-order valence-electron chi connectivity index (χ2n) is 6.17. The molecule has 0 bridgehead atoms. The van der Waals surface area contributed by atoms with E-state index in [-0.39, 0.29) is 23.6 Å². The maximum atomic E-state index is 12.5. The summed E-state index contributed by atoms with van der Waals surface area (Å²) in [5.74, 6) is -0.753. The summed E-state index contributed by atoms with van der Waals surface area (Å²) in [5, 5.41) is 7.53. The maximum Gasteiger partial charge on any atom is 0.340 e. The minimum Gasteiger partial charge on any atom is -0.456 e. The third-order valence-electron chi connectivity index (χ3n) is 3.93. The number of hydrogen-bond donors (Lipinski definition) is 1. The molecule has 9 heteroatoms. The Kier molecular flexibility index (Phi) is 6.15. The van der Waals surface area contributed by atoms with E-state index in [1.54, 1.807) is 31.2 Å². The summed E-state index contributed by atoms with van der Waals surface area (Å²) in [5.41, 5.74) is 0.657. The summed E-state index contributed by atoms with van der Waals surface area (Å²) >= 11 is 1.28. The number of unbranched alkanes of at least 4 members (excludes halogenated alkanes) is 1. The van der Waals surface area contributed by atoms with Crippen LogP contribution in [0.2, 0.25) is 0 Å². The summed E-state index contributed by atoms with van der Waals surface area (Å²) in [6, 6.07) is 7.94. The zero-order chi connectivity index (χ0) is 20.1. The number of fused-ring (bicyclic) bond motifs is 1. The highest BCUT2D eigenvalue weighted by Crippen LogP contribution is 2.18. The molecule has 146 valence electrons. The van der Waals surface area contributed by atoms with Gasteiger partial charge in [0.15, 0.2) is 0 Å². The molecule has 2 heterocycles. The molecule has 0 unspecified atom stereocenters. The Balaban J connectivity index is 1.71. The van der Waals surface area contributed by atoms with Crippen molar-refractivity contribution < 1.29 is 14.3 Å². The van der Waals surface area contributed by atoms with Gasteiger partial charge in [0.05, 0.1) is 16.9 Å². The van der Waals surface area contributed by atoms with Crippen molar-refractivity contribution in [3.05, 3.63) is 57.0 Å². The van der Waals surface area contributed by atoms with Crippen LogP contribution in [0.4, 0.5) is 5.69 Å². The SMILES string of the molecule is CCCCC(=O)Nc1ccccc1C(=O)OCc1cc(=O)n2nc(C)sc2n1. The van der Waals surface area contributed by atoms with Crippen molar-refractivity contribution in [2.45, 2.75) is 39.7 Å². The molecule has 1 aromatic carbocycles. The molecule has 1 amide bonds. The average Bonchev–Trinajstić information content (AvgIpc) is 3.06. The number of carbonyl (C=O) groups excluding carboxylic acids is 2. The van der Waals surface area contributed by atoms with Crippen LogP contribution in [0.1, 0.15) is 47.2 Å². The minimum atomic E-state index is -0.603. The van der Waals surface area contributed by atoms with Gasteiger partial charge < -0.3 is 10.1 Å². The number of amides is 1. The largest absolute Gasteiger partial charge is 0.456 e. The van der Waals surface area contributed by atoms with E-state index in [1.807, 2.05) is 6.92 Å². The Bertz CT molecular complexity index is 1070. The fourth-order valence-electron chi connectivity index (χ4n) is 2.56. The molecule has 3 aromatic rings. The third kappa shape index (κ3) is 4.61. The van der Waals surface area contributed by atoms with E-state index in [9.17, 15) is 14.4 Å². The first-order valence-corrected chi connectivity index (χ1v) is 9.72. The van der Waals surface area contributed by atoms with Crippen molar-refractivity contribution in [2.75, 3.05) is 5.32 Å². The lowest BCUT2D eigenvalue weighted by Gasteiger charge is -2.10. The highest BCUT2D eigenvalue weighted by Gasteiger charge is 2.15. The molecular formula is C19H20N4O4S. The third-order valence-corrected chi connectivity index (χ3v) is 4.75. The Morgan fingerprint density at radius 3 is 2.86 bits per heavy atom. The standard InChI is InChI=1S/C19H20N4O4S/c1-3-4-9-16(24)21-15-8-6-5-7-14(15)18(26)27-11-13-10-17(25)23-19(20-13)28-12(2)22-23/h5-8,10H,3-4,9,11H2,1-2H3,(H,21,24). The molecule has 1 N–H and O–H groups in total. The van der Waals surface area contributed by atoms with Gasteiger partial charge in [-0.05, 0) is 25.5 Å². The molecule has 0 fully saturated rings. The number of carbonyl (C=O) groups is 2. The molecule has 2 aromatic heterocycles.